The third-order valence-electron chi connectivity index (χ3n) is 3.73. The normalized spacial score (nSPS) is 11.0. The molecule has 23 heavy (non-hydrogen) atoms. The molecule has 0 aliphatic rings. The topological polar surface area (TPSA) is 61.8 Å². The van der Waals surface area contributed by atoms with Crippen LogP contribution in [0.3, 0.4) is 0 Å². The van der Waals surface area contributed by atoms with Gasteiger partial charge in [0.2, 0.25) is 5.91 Å². The fraction of sp³-hybridized carbons (Fsp3) is 0.389. The van der Waals surface area contributed by atoms with E-state index in [1.807, 2.05) is 43.1 Å². The number of fused-ring (bicyclic) bond motifs is 1. The number of ether oxygens (including phenoxy) is 1. The van der Waals surface area contributed by atoms with Gasteiger partial charge in [0.25, 0.3) is 0 Å². The van der Waals surface area contributed by atoms with E-state index in [4.69, 9.17) is 4.74 Å². The van der Waals surface area contributed by atoms with E-state index < -0.39 is 0 Å². The summed E-state index contributed by atoms with van der Waals surface area (Å²) in [6.07, 6.45) is 0.916. The molecule has 124 valence electrons. The molecule has 0 aliphatic heterocycles. The SMILES string of the molecule is CCCNC(=O)CN(C)Cc1c(O)ccc2ccc(OC)cc12. The van der Waals surface area contributed by atoms with Gasteiger partial charge in [0.05, 0.1) is 13.7 Å². The highest BCUT2D eigenvalue weighted by molar-refractivity contribution is 5.89. The highest BCUT2D eigenvalue weighted by atomic mass is 16.5. The van der Waals surface area contributed by atoms with Gasteiger partial charge in [-0.1, -0.05) is 19.1 Å². The van der Waals surface area contributed by atoms with Crippen molar-refractivity contribution in [2.45, 2.75) is 19.9 Å². The van der Waals surface area contributed by atoms with E-state index in [9.17, 15) is 9.90 Å². The number of nitrogens with zero attached hydrogens (tertiary/aromatic N) is 1. The first-order chi connectivity index (χ1) is 11.0. The molecule has 5 heteroatoms. The molecule has 0 unspecified atom stereocenters. The van der Waals surface area contributed by atoms with Crippen LogP contribution in [0.1, 0.15) is 18.9 Å². The predicted octanol–water partition coefficient (Wildman–Crippen LogP) is 2.51. The molecule has 2 aromatic carbocycles. The van der Waals surface area contributed by atoms with Crippen LogP contribution in [-0.4, -0.2) is 43.2 Å². The highest BCUT2D eigenvalue weighted by Crippen LogP contribution is 2.30. The second-order valence-electron chi connectivity index (χ2n) is 5.67. The van der Waals surface area contributed by atoms with Crippen LogP contribution in [0.15, 0.2) is 30.3 Å². The number of amides is 1. The summed E-state index contributed by atoms with van der Waals surface area (Å²) < 4.78 is 5.27. The van der Waals surface area contributed by atoms with E-state index in [1.165, 1.54) is 0 Å². The number of nitrogens with one attached hydrogen (secondary N) is 1. The van der Waals surface area contributed by atoms with Crippen molar-refractivity contribution in [2.24, 2.45) is 0 Å². The van der Waals surface area contributed by atoms with Crippen molar-refractivity contribution < 1.29 is 14.6 Å². The third-order valence-corrected chi connectivity index (χ3v) is 3.73. The quantitative estimate of drug-likeness (QED) is 0.824. The van der Waals surface area contributed by atoms with Gasteiger partial charge in [0.1, 0.15) is 11.5 Å². The Morgan fingerprint density at radius 2 is 2.04 bits per heavy atom. The summed E-state index contributed by atoms with van der Waals surface area (Å²) in [5.41, 5.74) is 0.798. The molecule has 2 N–H and O–H groups in total. The second kappa shape index (κ2) is 7.83. The first-order valence-corrected chi connectivity index (χ1v) is 7.79. The molecule has 0 spiro atoms. The summed E-state index contributed by atoms with van der Waals surface area (Å²) in [7, 11) is 3.48. The number of phenols is 1. The standard InChI is InChI=1S/C18H24N2O3/c1-4-9-19-18(22)12-20(2)11-16-15-10-14(23-3)7-5-13(15)6-8-17(16)21/h5-8,10,21H,4,9,11-12H2,1-3H3,(H,19,22). The van der Waals surface area contributed by atoms with Crippen LogP contribution in [0, 0.1) is 0 Å². The van der Waals surface area contributed by atoms with Crippen molar-refractivity contribution in [3.63, 3.8) is 0 Å². The Balaban J connectivity index is 2.21. The number of methoxy groups -OCH3 is 1. The maximum absolute atomic E-state index is 11.8. The fourth-order valence-corrected chi connectivity index (χ4v) is 2.53. The first kappa shape index (κ1) is 17.1. The van der Waals surface area contributed by atoms with Gasteiger partial charge in [-0.05, 0) is 42.4 Å². The van der Waals surface area contributed by atoms with Crippen LogP contribution >= 0.6 is 0 Å². The van der Waals surface area contributed by atoms with Crippen molar-refractivity contribution >= 4 is 16.7 Å². The van der Waals surface area contributed by atoms with E-state index in [0.717, 1.165) is 28.5 Å². The molecule has 2 rings (SSSR count). The number of aromatic hydroxyl groups is 1. The van der Waals surface area contributed by atoms with E-state index in [0.29, 0.717) is 19.6 Å². The first-order valence-electron chi connectivity index (χ1n) is 7.79. The van der Waals surface area contributed by atoms with Gasteiger partial charge < -0.3 is 15.2 Å². The molecule has 0 bridgehead atoms. The maximum atomic E-state index is 11.8. The zero-order chi connectivity index (χ0) is 16.8. The average Bonchev–Trinajstić information content (AvgIpc) is 2.55. The Hall–Kier alpha value is -2.27. The number of hydrogen-bond acceptors (Lipinski definition) is 4. The smallest absolute Gasteiger partial charge is 0.234 e. The van der Waals surface area contributed by atoms with Crippen LogP contribution < -0.4 is 10.1 Å². The Labute approximate surface area is 136 Å². The molecule has 1 amide bonds. The van der Waals surface area contributed by atoms with E-state index in [1.54, 1.807) is 13.2 Å². The lowest BCUT2D eigenvalue weighted by molar-refractivity contribution is -0.122. The van der Waals surface area contributed by atoms with Gasteiger partial charge in [0.15, 0.2) is 0 Å². The van der Waals surface area contributed by atoms with Gasteiger partial charge in [0, 0.05) is 18.7 Å². The number of hydrogen-bond donors (Lipinski definition) is 2. The molecule has 5 nitrogen and oxygen atoms in total. The number of carbonyl (C=O) groups is 1. The summed E-state index contributed by atoms with van der Waals surface area (Å²) in [5.74, 6) is 0.964. The minimum Gasteiger partial charge on any atom is -0.508 e. The second-order valence-corrected chi connectivity index (χ2v) is 5.67. The molecule has 0 radical (unpaired) electrons. The largest absolute Gasteiger partial charge is 0.508 e. The van der Waals surface area contributed by atoms with Crippen molar-refractivity contribution in [3.05, 3.63) is 35.9 Å². The van der Waals surface area contributed by atoms with Crippen molar-refractivity contribution in [1.29, 1.82) is 0 Å². The number of phenolic OH excluding ortho intramolecular Hbond substituents is 1. The lowest BCUT2D eigenvalue weighted by atomic mass is 10.0. The summed E-state index contributed by atoms with van der Waals surface area (Å²) in [6, 6.07) is 9.34. The minimum atomic E-state index is -0.00772. The Bertz CT molecular complexity index is 685. The highest BCUT2D eigenvalue weighted by Gasteiger charge is 2.13. The van der Waals surface area contributed by atoms with Crippen LogP contribution in [0.4, 0.5) is 0 Å². The molecule has 2 aromatic rings. The number of rotatable bonds is 7. The minimum absolute atomic E-state index is 0.00772. The molecule has 0 fully saturated rings. The number of likely N-dealkylation sites (N-methyl/N-ethyl adjacent to an activating group) is 1. The molecular formula is C18H24N2O3. The molecule has 0 aliphatic carbocycles. The predicted molar refractivity (Wildman–Crippen MR) is 91.8 cm³/mol. The molecule has 0 heterocycles. The van der Waals surface area contributed by atoms with Gasteiger partial charge in [-0.3, -0.25) is 9.69 Å². The van der Waals surface area contributed by atoms with Crippen molar-refractivity contribution in [1.82, 2.24) is 10.2 Å². The summed E-state index contributed by atoms with van der Waals surface area (Å²) in [5, 5.41) is 15.0. The van der Waals surface area contributed by atoms with Crippen LogP contribution in [-0.2, 0) is 11.3 Å². The Kier molecular flexibility index (Phi) is 5.82. The van der Waals surface area contributed by atoms with E-state index in [-0.39, 0.29) is 11.7 Å². The number of carbonyl (C=O) groups excluding carboxylic acids is 1. The molecular weight excluding hydrogens is 292 g/mol. The van der Waals surface area contributed by atoms with Crippen molar-refractivity contribution in [2.75, 3.05) is 27.2 Å². The van der Waals surface area contributed by atoms with Gasteiger partial charge in [-0.15, -0.1) is 0 Å². The molecule has 0 aromatic heterocycles. The third kappa shape index (κ3) is 4.36. The molecule has 0 atom stereocenters. The zero-order valence-corrected chi connectivity index (χ0v) is 13.9. The summed E-state index contributed by atoms with van der Waals surface area (Å²) in [6.45, 7) is 3.48. The Morgan fingerprint density at radius 1 is 1.30 bits per heavy atom. The van der Waals surface area contributed by atoms with Crippen molar-refractivity contribution in [3.8, 4) is 11.5 Å². The van der Waals surface area contributed by atoms with Crippen LogP contribution in [0.5, 0.6) is 11.5 Å². The summed E-state index contributed by atoms with van der Waals surface area (Å²) in [4.78, 5) is 13.7. The lowest BCUT2D eigenvalue weighted by Crippen LogP contribution is -2.35. The van der Waals surface area contributed by atoms with Crippen LogP contribution in [0.2, 0.25) is 0 Å². The average molecular weight is 316 g/mol. The Morgan fingerprint density at radius 3 is 2.74 bits per heavy atom. The van der Waals surface area contributed by atoms with E-state index >= 15 is 0 Å². The monoisotopic (exact) mass is 316 g/mol. The molecule has 0 saturated carbocycles. The summed E-state index contributed by atoms with van der Waals surface area (Å²) >= 11 is 0. The molecule has 0 saturated heterocycles. The maximum Gasteiger partial charge on any atom is 0.234 e. The zero-order valence-electron chi connectivity index (χ0n) is 13.9. The fourth-order valence-electron chi connectivity index (χ4n) is 2.53. The lowest BCUT2D eigenvalue weighted by Gasteiger charge is -2.18. The van der Waals surface area contributed by atoms with Gasteiger partial charge in [-0.2, -0.15) is 0 Å². The van der Waals surface area contributed by atoms with Crippen LogP contribution in [0.25, 0.3) is 10.8 Å². The van der Waals surface area contributed by atoms with Gasteiger partial charge >= 0.3 is 0 Å². The number of benzene rings is 2. The van der Waals surface area contributed by atoms with E-state index in [2.05, 4.69) is 5.32 Å². The van der Waals surface area contributed by atoms with Gasteiger partial charge in [-0.25, -0.2) is 0 Å².